The van der Waals surface area contributed by atoms with Gasteiger partial charge in [-0.1, -0.05) is 38.1 Å². The number of anilines is 1. The van der Waals surface area contributed by atoms with Crippen LogP contribution in [0.5, 0.6) is 0 Å². The molecule has 0 unspecified atom stereocenters. The van der Waals surface area contributed by atoms with Crippen LogP contribution >= 0.6 is 0 Å². The fourth-order valence-electron chi connectivity index (χ4n) is 1.86. The predicted molar refractivity (Wildman–Crippen MR) is 76.3 cm³/mol. The van der Waals surface area contributed by atoms with Gasteiger partial charge in [-0.3, -0.25) is 0 Å². The highest BCUT2D eigenvalue weighted by Crippen LogP contribution is 2.23. The SMILES string of the molecule is CC(C)c1ccc(-c2ccc(C#N)c(NN)n2)cc1. The minimum absolute atomic E-state index is 0.396. The first-order valence-electron chi connectivity index (χ1n) is 6.13. The Balaban J connectivity index is 2.39. The Morgan fingerprint density at radius 2 is 1.84 bits per heavy atom. The molecule has 19 heavy (non-hydrogen) atoms. The smallest absolute Gasteiger partial charge is 0.158 e. The van der Waals surface area contributed by atoms with E-state index >= 15 is 0 Å². The number of benzene rings is 1. The highest BCUT2D eigenvalue weighted by atomic mass is 15.2. The Morgan fingerprint density at radius 3 is 2.37 bits per heavy atom. The summed E-state index contributed by atoms with van der Waals surface area (Å²) in [5.74, 6) is 6.27. The minimum Gasteiger partial charge on any atom is -0.307 e. The van der Waals surface area contributed by atoms with E-state index in [-0.39, 0.29) is 0 Å². The van der Waals surface area contributed by atoms with Crippen LogP contribution in [0.25, 0.3) is 11.3 Å². The van der Waals surface area contributed by atoms with Gasteiger partial charge in [-0.05, 0) is 23.6 Å². The summed E-state index contributed by atoms with van der Waals surface area (Å²) in [5, 5.41) is 8.92. The third kappa shape index (κ3) is 2.72. The van der Waals surface area contributed by atoms with Gasteiger partial charge >= 0.3 is 0 Å². The maximum atomic E-state index is 8.92. The molecule has 0 aliphatic rings. The van der Waals surface area contributed by atoms with Crippen LogP contribution < -0.4 is 11.3 Å². The lowest BCUT2D eigenvalue weighted by Gasteiger charge is -2.08. The van der Waals surface area contributed by atoms with E-state index in [1.165, 1.54) is 5.56 Å². The van der Waals surface area contributed by atoms with Crippen LogP contribution in [0, 0.1) is 11.3 Å². The van der Waals surface area contributed by atoms with Crippen molar-refractivity contribution in [1.82, 2.24) is 4.98 Å². The van der Waals surface area contributed by atoms with Crippen molar-refractivity contribution in [2.24, 2.45) is 5.84 Å². The molecule has 0 fully saturated rings. The number of pyridine rings is 1. The molecule has 1 aromatic carbocycles. The van der Waals surface area contributed by atoms with Crippen LogP contribution in [-0.4, -0.2) is 4.98 Å². The van der Waals surface area contributed by atoms with E-state index in [0.29, 0.717) is 17.3 Å². The number of nitrogens with two attached hydrogens (primary N) is 1. The Labute approximate surface area is 112 Å². The zero-order chi connectivity index (χ0) is 13.8. The molecule has 2 rings (SSSR count). The second-order valence-corrected chi connectivity index (χ2v) is 4.63. The van der Waals surface area contributed by atoms with Crippen LogP contribution in [0.2, 0.25) is 0 Å². The number of nitriles is 1. The number of hydrazine groups is 1. The van der Waals surface area contributed by atoms with Crippen molar-refractivity contribution in [3.05, 3.63) is 47.5 Å². The summed E-state index contributed by atoms with van der Waals surface area (Å²) in [6.07, 6.45) is 0. The lowest BCUT2D eigenvalue weighted by molar-refractivity contribution is 0.867. The van der Waals surface area contributed by atoms with Crippen molar-refractivity contribution < 1.29 is 0 Å². The van der Waals surface area contributed by atoms with Gasteiger partial charge in [0, 0.05) is 5.56 Å². The highest BCUT2D eigenvalue weighted by molar-refractivity contribution is 5.64. The van der Waals surface area contributed by atoms with Gasteiger partial charge in [-0.25, -0.2) is 10.8 Å². The molecule has 0 saturated carbocycles. The van der Waals surface area contributed by atoms with Gasteiger partial charge in [0.05, 0.1) is 11.3 Å². The third-order valence-electron chi connectivity index (χ3n) is 3.03. The van der Waals surface area contributed by atoms with Crippen LogP contribution in [0.3, 0.4) is 0 Å². The lowest BCUT2D eigenvalue weighted by Crippen LogP contribution is -2.10. The van der Waals surface area contributed by atoms with Crippen LogP contribution in [0.4, 0.5) is 5.82 Å². The molecular weight excluding hydrogens is 236 g/mol. The maximum Gasteiger partial charge on any atom is 0.158 e. The van der Waals surface area contributed by atoms with Gasteiger partial charge in [0.2, 0.25) is 0 Å². The van der Waals surface area contributed by atoms with E-state index in [4.69, 9.17) is 11.1 Å². The monoisotopic (exact) mass is 252 g/mol. The summed E-state index contributed by atoms with van der Waals surface area (Å²) in [6, 6.07) is 13.8. The Bertz CT molecular complexity index is 609. The molecule has 0 saturated heterocycles. The van der Waals surface area contributed by atoms with Crippen molar-refractivity contribution in [1.29, 1.82) is 5.26 Å². The molecule has 0 radical (unpaired) electrons. The molecule has 1 aromatic heterocycles. The Kier molecular flexibility index (Phi) is 3.79. The zero-order valence-corrected chi connectivity index (χ0v) is 11.0. The first kappa shape index (κ1) is 13.1. The molecule has 96 valence electrons. The van der Waals surface area contributed by atoms with Gasteiger partial charge in [0.1, 0.15) is 6.07 Å². The molecule has 0 amide bonds. The van der Waals surface area contributed by atoms with Gasteiger partial charge in [-0.15, -0.1) is 0 Å². The summed E-state index contributed by atoms with van der Waals surface area (Å²) in [6.45, 7) is 4.32. The Hall–Kier alpha value is -2.38. The average Bonchev–Trinajstić information content (AvgIpc) is 2.46. The van der Waals surface area contributed by atoms with Crippen LogP contribution in [-0.2, 0) is 0 Å². The topological polar surface area (TPSA) is 74.7 Å². The molecule has 1 heterocycles. The highest BCUT2D eigenvalue weighted by Gasteiger charge is 2.06. The van der Waals surface area contributed by atoms with Gasteiger partial charge in [0.25, 0.3) is 0 Å². The molecule has 2 aromatic rings. The summed E-state index contributed by atoms with van der Waals surface area (Å²) in [7, 11) is 0. The first-order valence-corrected chi connectivity index (χ1v) is 6.13. The number of hydrogen-bond donors (Lipinski definition) is 2. The summed E-state index contributed by atoms with van der Waals surface area (Å²) < 4.78 is 0. The first-order chi connectivity index (χ1) is 9.15. The minimum atomic E-state index is 0.396. The van der Waals surface area contributed by atoms with Gasteiger partial charge < -0.3 is 5.43 Å². The molecule has 0 aliphatic carbocycles. The van der Waals surface area contributed by atoms with Crippen molar-refractivity contribution in [2.45, 2.75) is 19.8 Å². The number of hydrogen-bond acceptors (Lipinski definition) is 4. The normalized spacial score (nSPS) is 10.3. The van der Waals surface area contributed by atoms with E-state index < -0.39 is 0 Å². The maximum absolute atomic E-state index is 8.92. The summed E-state index contributed by atoms with van der Waals surface area (Å²) in [5.41, 5.74) is 5.97. The van der Waals surface area contributed by atoms with Crippen LogP contribution in [0.1, 0.15) is 30.9 Å². The zero-order valence-electron chi connectivity index (χ0n) is 11.0. The summed E-state index contributed by atoms with van der Waals surface area (Å²) in [4.78, 5) is 4.35. The lowest BCUT2D eigenvalue weighted by atomic mass is 10.0. The molecule has 4 nitrogen and oxygen atoms in total. The molecule has 0 spiro atoms. The van der Waals surface area contributed by atoms with E-state index in [2.05, 4.69) is 36.4 Å². The number of nitrogens with zero attached hydrogens (tertiary/aromatic N) is 2. The van der Waals surface area contributed by atoms with Crippen molar-refractivity contribution in [3.8, 4) is 17.3 Å². The fourth-order valence-corrected chi connectivity index (χ4v) is 1.86. The number of aromatic nitrogens is 1. The molecule has 3 N–H and O–H groups in total. The van der Waals surface area contributed by atoms with Gasteiger partial charge in [0.15, 0.2) is 5.82 Å². The van der Waals surface area contributed by atoms with Crippen LogP contribution in [0.15, 0.2) is 36.4 Å². The molecule has 4 heteroatoms. The standard InChI is InChI=1S/C15H16N4/c1-10(2)11-3-5-12(6-4-11)14-8-7-13(9-16)15(18-14)19-17/h3-8,10H,17H2,1-2H3,(H,18,19). The van der Waals surface area contributed by atoms with E-state index in [0.717, 1.165) is 11.3 Å². The third-order valence-corrected chi connectivity index (χ3v) is 3.03. The second kappa shape index (κ2) is 5.51. The van der Waals surface area contributed by atoms with E-state index in [1.54, 1.807) is 6.07 Å². The quantitative estimate of drug-likeness (QED) is 0.650. The second-order valence-electron chi connectivity index (χ2n) is 4.63. The molecular formula is C15H16N4. The largest absolute Gasteiger partial charge is 0.307 e. The molecule has 0 atom stereocenters. The Morgan fingerprint density at radius 1 is 1.16 bits per heavy atom. The van der Waals surface area contributed by atoms with Crippen molar-refractivity contribution >= 4 is 5.82 Å². The fraction of sp³-hybridized carbons (Fsp3) is 0.200. The molecule has 0 aliphatic heterocycles. The number of nitrogen functional groups attached to an aromatic ring is 1. The van der Waals surface area contributed by atoms with E-state index in [1.807, 2.05) is 24.3 Å². The van der Waals surface area contributed by atoms with Crippen molar-refractivity contribution in [3.63, 3.8) is 0 Å². The molecule has 0 bridgehead atoms. The average molecular weight is 252 g/mol. The van der Waals surface area contributed by atoms with Crippen molar-refractivity contribution in [2.75, 3.05) is 5.43 Å². The number of rotatable bonds is 3. The number of nitrogens with one attached hydrogen (secondary N) is 1. The predicted octanol–water partition coefficient (Wildman–Crippen LogP) is 3.03. The van der Waals surface area contributed by atoms with E-state index in [9.17, 15) is 0 Å². The van der Waals surface area contributed by atoms with Gasteiger partial charge in [-0.2, -0.15) is 5.26 Å². The summed E-state index contributed by atoms with van der Waals surface area (Å²) >= 11 is 0.